The molecule has 3 heterocycles. The van der Waals surface area contributed by atoms with Gasteiger partial charge in [0.15, 0.2) is 5.82 Å². The maximum Gasteiger partial charge on any atom is 0.243 e. The van der Waals surface area contributed by atoms with Crippen LogP contribution in [0.2, 0.25) is 0 Å². The number of benzene rings is 2. The minimum Gasteiger partial charge on any atom is -0.497 e. The second kappa shape index (κ2) is 13.6. The first-order chi connectivity index (χ1) is 20.8. The molecule has 2 aromatic carbocycles. The van der Waals surface area contributed by atoms with Crippen molar-refractivity contribution in [3.63, 3.8) is 0 Å². The van der Waals surface area contributed by atoms with Gasteiger partial charge in [-0.2, -0.15) is 4.31 Å². The minimum absolute atomic E-state index is 0.109. The van der Waals surface area contributed by atoms with Gasteiger partial charge in [0.25, 0.3) is 0 Å². The fourth-order valence-corrected chi connectivity index (χ4v) is 6.66. The molecule has 2 aliphatic heterocycles. The zero-order valence-electron chi connectivity index (χ0n) is 24.6. The van der Waals surface area contributed by atoms with Gasteiger partial charge in [0.2, 0.25) is 15.9 Å². The first-order valence-corrected chi connectivity index (χ1v) is 15.6. The Kier molecular flexibility index (Phi) is 9.63. The zero-order chi connectivity index (χ0) is 30.4. The number of sulfonamides is 1. The molecule has 0 saturated carbocycles. The molecule has 230 valence electrons. The van der Waals surface area contributed by atoms with E-state index in [0.717, 1.165) is 18.4 Å². The van der Waals surface area contributed by atoms with Gasteiger partial charge < -0.3 is 28.7 Å². The Hall–Kier alpha value is -3.94. The third kappa shape index (κ3) is 7.00. The van der Waals surface area contributed by atoms with Gasteiger partial charge in [-0.05, 0) is 61.4 Å². The Morgan fingerprint density at radius 1 is 0.930 bits per heavy atom. The summed E-state index contributed by atoms with van der Waals surface area (Å²) in [4.78, 5) is 17.3. The molecule has 2 fully saturated rings. The fourth-order valence-electron chi connectivity index (χ4n) is 5.24. The van der Waals surface area contributed by atoms with E-state index in [2.05, 4.69) is 15.1 Å². The van der Waals surface area contributed by atoms with Crippen LogP contribution in [0, 0.1) is 0 Å². The van der Waals surface area contributed by atoms with Crippen LogP contribution in [0.1, 0.15) is 12.8 Å². The van der Waals surface area contributed by atoms with Crippen molar-refractivity contribution in [1.29, 1.82) is 0 Å². The number of nitrogens with zero attached hydrogens (tertiary/aromatic N) is 5. The van der Waals surface area contributed by atoms with Crippen LogP contribution in [0.3, 0.4) is 0 Å². The van der Waals surface area contributed by atoms with E-state index in [-0.39, 0.29) is 30.0 Å². The normalized spacial score (nSPS) is 17.3. The average Bonchev–Trinajstić information content (AvgIpc) is 3.57. The van der Waals surface area contributed by atoms with Crippen LogP contribution in [0.4, 0.5) is 5.82 Å². The SMILES string of the molecule is COc1ccc(S(=O)(=O)N(CC(=O)N2CCN(c3ccc(-c4ccc(OC)cc4OC)nn3)CC2)CC2CCCO2)cc1. The van der Waals surface area contributed by atoms with Gasteiger partial charge in [0.1, 0.15) is 17.2 Å². The lowest BCUT2D eigenvalue weighted by Crippen LogP contribution is -2.52. The number of aromatic nitrogens is 2. The standard InChI is InChI=1S/C30H37N5O7S/c1-39-22-6-9-25(10-7-22)43(37,38)35(20-24-5-4-18-42-24)21-30(36)34-16-14-33(15-17-34)29-13-12-27(31-32-29)26-11-8-23(40-2)19-28(26)41-3/h6-13,19,24H,4-5,14-18,20-21H2,1-3H3. The van der Waals surface area contributed by atoms with Crippen molar-refractivity contribution in [3.8, 4) is 28.5 Å². The number of anilines is 1. The molecule has 1 amide bonds. The number of carbonyl (C=O) groups excluding carboxylic acids is 1. The van der Waals surface area contributed by atoms with Crippen molar-refractivity contribution in [3.05, 3.63) is 54.6 Å². The summed E-state index contributed by atoms with van der Waals surface area (Å²) >= 11 is 0. The predicted octanol–water partition coefficient (Wildman–Crippen LogP) is 2.69. The lowest BCUT2D eigenvalue weighted by molar-refractivity contribution is -0.131. The lowest BCUT2D eigenvalue weighted by atomic mass is 10.1. The highest BCUT2D eigenvalue weighted by Crippen LogP contribution is 2.32. The second-order valence-electron chi connectivity index (χ2n) is 10.3. The number of methoxy groups -OCH3 is 3. The molecule has 3 aromatic rings. The minimum atomic E-state index is -3.93. The maximum atomic E-state index is 13.6. The largest absolute Gasteiger partial charge is 0.497 e. The van der Waals surface area contributed by atoms with Gasteiger partial charge in [-0.15, -0.1) is 10.2 Å². The monoisotopic (exact) mass is 611 g/mol. The van der Waals surface area contributed by atoms with Crippen LogP contribution in [0.25, 0.3) is 11.3 Å². The van der Waals surface area contributed by atoms with E-state index < -0.39 is 10.0 Å². The molecule has 0 N–H and O–H groups in total. The summed E-state index contributed by atoms with van der Waals surface area (Å²) in [6.45, 7) is 2.42. The van der Waals surface area contributed by atoms with Crippen molar-refractivity contribution in [1.82, 2.24) is 19.4 Å². The molecule has 5 rings (SSSR count). The third-order valence-electron chi connectivity index (χ3n) is 7.73. The van der Waals surface area contributed by atoms with Gasteiger partial charge in [0.05, 0.1) is 44.6 Å². The van der Waals surface area contributed by atoms with Crippen molar-refractivity contribution in [2.75, 3.05) is 72.1 Å². The Morgan fingerprint density at radius 2 is 1.65 bits per heavy atom. The van der Waals surface area contributed by atoms with E-state index in [1.165, 1.54) is 23.5 Å². The van der Waals surface area contributed by atoms with Crippen LogP contribution < -0.4 is 19.1 Å². The third-order valence-corrected chi connectivity index (χ3v) is 9.56. The highest BCUT2D eigenvalue weighted by molar-refractivity contribution is 7.89. The Balaban J connectivity index is 1.23. The molecule has 0 aliphatic carbocycles. The summed E-state index contributed by atoms with van der Waals surface area (Å²) in [7, 11) is 0.783. The average molecular weight is 612 g/mol. The van der Waals surface area contributed by atoms with E-state index in [1.807, 2.05) is 24.3 Å². The van der Waals surface area contributed by atoms with Crippen molar-refractivity contribution < 1.29 is 32.2 Å². The smallest absolute Gasteiger partial charge is 0.243 e. The molecule has 0 bridgehead atoms. The zero-order valence-corrected chi connectivity index (χ0v) is 25.5. The van der Waals surface area contributed by atoms with E-state index in [1.54, 1.807) is 37.3 Å². The van der Waals surface area contributed by atoms with Crippen LogP contribution in [0.5, 0.6) is 17.2 Å². The van der Waals surface area contributed by atoms with Crippen LogP contribution in [0.15, 0.2) is 59.5 Å². The number of amides is 1. The number of piperazine rings is 1. The van der Waals surface area contributed by atoms with Crippen LogP contribution in [-0.4, -0.2) is 107 Å². The summed E-state index contributed by atoms with van der Waals surface area (Å²) in [5, 5.41) is 8.84. The Bertz CT molecular complexity index is 1490. The quantitative estimate of drug-likeness (QED) is 0.320. The number of rotatable bonds is 11. The first kappa shape index (κ1) is 30.5. The van der Waals surface area contributed by atoms with Gasteiger partial charge in [-0.1, -0.05) is 0 Å². The molecule has 13 heteroatoms. The molecule has 0 radical (unpaired) electrons. The van der Waals surface area contributed by atoms with E-state index in [0.29, 0.717) is 61.5 Å². The first-order valence-electron chi connectivity index (χ1n) is 14.2. The summed E-state index contributed by atoms with van der Waals surface area (Å²) in [6.07, 6.45) is 1.39. The van der Waals surface area contributed by atoms with Gasteiger partial charge >= 0.3 is 0 Å². The topological polar surface area (TPSA) is 124 Å². The molecular weight excluding hydrogens is 574 g/mol. The van der Waals surface area contributed by atoms with Gasteiger partial charge in [0, 0.05) is 51.0 Å². The molecule has 43 heavy (non-hydrogen) atoms. The molecule has 1 aromatic heterocycles. The molecule has 0 spiro atoms. The molecule has 12 nitrogen and oxygen atoms in total. The Morgan fingerprint density at radius 3 is 2.26 bits per heavy atom. The van der Waals surface area contributed by atoms with E-state index in [9.17, 15) is 13.2 Å². The number of hydrogen-bond donors (Lipinski definition) is 0. The second-order valence-corrected chi connectivity index (χ2v) is 12.3. The fraction of sp³-hybridized carbons (Fsp3) is 0.433. The summed E-state index contributed by atoms with van der Waals surface area (Å²) in [5.41, 5.74) is 1.47. The summed E-state index contributed by atoms with van der Waals surface area (Å²) in [5.74, 6) is 2.33. The number of ether oxygens (including phenoxy) is 4. The van der Waals surface area contributed by atoms with Gasteiger partial charge in [-0.25, -0.2) is 8.42 Å². The Labute approximate surface area is 252 Å². The predicted molar refractivity (Wildman–Crippen MR) is 160 cm³/mol. The summed E-state index contributed by atoms with van der Waals surface area (Å²) < 4.78 is 50.1. The summed E-state index contributed by atoms with van der Waals surface area (Å²) in [6, 6.07) is 15.5. The van der Waals surface area contributed by atoms with E-state index >= 15 is 0 Å². The maximum absolute atomic E-state index is 13.6. The molecular formula is C30H37N5O7S. The molecule has 2 aliphatic rings. The van der Waals surface area contributed by atoms with Crippen molar-refractivity contribution in [2.45, 2.75) is 23.8 Å². The van der Waals surface area contributed by atoms with Gasteiger partial charge in [-0.3, -0.25) is 4.79 Å². The number of carbonyl (C=O) groups is 1. The molecule has 1 atom stereocenters. The highest BCUT2D eigenvalue weighted by atomic mass is 32.2. The number of hydrogen-bond acceptors (Lipinski definition) is 10. The lowest BCUT2D eigenvalue weighted by Gasteiger charge is -2.36. The van der Waals surface area contributed by atoms with E-state index in [4.69, 9.17) is 18.9 Å². The van der Waals surface area contributed by atoms with Crippen LogP contribution in [-0.2, 0) is 19.6 Å². The molecule has 2 saturated heterocycles. The molecule has 1 unspecified atom stereocenters. The van der Waals surface area contributed by atoms with Crippen LogP contribution >= 0.6 is 0 Å². The van der Waals surface area contributed by atoms with Crippen molar-refractivity contribution >= 4 is 21.7 Å². The van der Waals surface area contributed by atoms with Crippen molar-refractivity contribution in [2.24, 2.45) is 0 Å². The highest BCUT2D eigenvalue weighted by Gasteiger charge is 2.33.